The van der Waals surface area contributed by atoms with Gasteiger partial charge in [-0.25, -0.2) is 4.39 Å². The second-order valence-corrected chi connectivity index (χ2v) is 4.98. The molecule has 1 aromatic carbocycles. The van der Waals surface area contributed by atoms with Gasteiger partial charge in [0.1, 0.15) is 10.8 Å². The smallest absolute Gasteiger partial charge is 0.135 e. The van der Waals surface area contributed by atoms with E-state index in [1.54, 1.807) is 6.07 Å². The summed E-state index contributed by atoms with van der Waals surface area (Å²) in [6.07, 6.45) is 5.13. The van der Waals surface area contributed by atoms with E-state index in [1.807, 2.05) is 6.07 Å². The monoisotopic (exact) mass is 252 g/mol. The molecule has 17 heavy (non-hydrogen) atoms. The van der Waals surface area contributed by atoms with E-state index in [-0.39, 0.29) is 10.8 Å². The third kappa shape index (κ3) is 2.94. The van der Waals surface area contributed by atoms with Crippen LogP contribution in [0.4, 0.5) is 10.1 Å². The number of hydrogen-bond donors (Lipinski definition) is 2. The fourth-order valence-corrected chi connectivity index (χ4v) is 2.32. The summed E-state index contributed by atoms with van der Waals surface area (Å²) >= 11 is 4.87. The van der Waals surface area contributed by atoms with Crippen LogP contribution in [0.5, 0.6) is 0 Å². The van der Waals surface area contributed by atoms with Crippen LogP contribution < -0.4 is 11.1 Å². The van der Waals surface area contributed by atoms with Crippen molar-refractivity contribution in [3.8, 4) is 0 Å². The summed E-state index contributed by atoms with van der Waals surface area (Å²) in [4.78, 5) is 0.106. The van der Waals surface area contributed by atoms with Crippen LogP contribution in [-0.2, 0) is 0 Å². The van der Waals surface area contributed by atoms with Crippen LogP contribution in [0.25, 0.3) is 0 Å². The number of hydrogen-bond acceptors (Lipinski definition) is 2. The van der Waals surface area contributed by atoms with Crippen molar-refractivity contribution in [3.05, 3.63) is 29.6 Å². The van der Waals surface area contributed by atoms with Gasteiger partial charge in [0.15, 0.2) is 0 Å². The van der Waals surface area contributed by atoms with Gasteiger partial charge in [0, 0.05) is 12.2 Å². The molecule has 4 heteroatoms. The number of anilines is 1. The number of rotatable bonds is 5. The Labute approximate surface area is 106 Å². The van der Waals surface area contributed by atoms with E-state index >= 15 is 0 Å². The second kappa shape index (κ2) is 5.45. The van der Waals surface area contributed by atoms with Gasteiger partial charge in [-0.05, 0) is 24.5 Å². The normalized spacial score (nSPS) is 15.4. The standard InChI is InChI=1S/C13H17FN2S/c14-10-5-2-6-11(12(10)13(15)17)16-8-7-9-3-1-4-9/h2,5-6,9,16H,1,3-4,7-8H2,(H2,15,17). The Bertz CT molecular complexity index is 416. The van der Waals surface area contributed by atoms with Crippen molar-refractivity contribution in [2.24, 2.45) is 11.7 Å². The third-order valence-electron chi connectivity index (χ3n) is 3.35. The number of nitrogens with one attached hydrogen (secondary N) is 1. The quantitative estimate of drug-likeness (QED) is 0.791. The molecule has 0 unspecified atom stereocenters. The van der Waals surface area contributed by atoms with Crippen LogP contribution in [0.1, 0.15) is 31.2 Å². The van der Waals surface area contributed by atoms with Crippen LogP contribution >= 0.6 is 12.2 Å². The lowest BCUT2D eigenvalue weighted by molar-refractivity contribution is 0.303. The van der Waals surface area contributed by atoms with Gasteiger partial charge >= 0.3 is 0 Å². The Hall–Kier alpha value is -1.16. The number of thiocarbonyl (C=S) groups is 1. The summed E-state index contributed by atoms with van der Waals surface area (Å²) in [5.41, 5.74) is 6.57. The molecule has 1 aromatic rings. The van der Waals surface area contributed by atoms with Crippen molar-refractivity contribution >= 4 is 22.9 Å². The first-order chi connectivity index (χ1) is 8.18. The van der Waals surface area contributed by atoms with Gasteiger partial charge in [0.05, 0.1) is 5.56 Å². The Balaban J connectivity index is 1.98. The predicted octanol–water partition coefficient (Wildman–Crippen LogP) is 3.06. The van der Waals surface area contributed by atoms with Gasteiger partial charge in [-0.3, -0.25) is 0 Å². The van der Waals surface area contributed by atoms with E-state index in [0.29, 0.717) is 11.3 Å². The van der Waals surface area contributed by atoms with Crippen LogP contribution in [0, 0.1) is 11.7 Å². The molecule has 0 bridgehead atoms. The van der Waals surface area contributed by atoms with Crippen LogP contribution in [-0.4, -0.2) is 11.5 Å². The Kier molecular flexibility index (Phi) is 3.94. The second-order valence-electron chi connectivity index (χ2n) is 4.54. The molecule has 3 N–H and O–H groups in total. The minimum Gasteiger partial charge on any atom is -0.389 e. The van der Waals surface area contributed by atoms with E-state index in [4.69, 9.17) is 18.0 Å². The van der Waals surface area contributed by atoms with E-state index in [2.05, 4.69) is 5.32 Å². The molecule has 0 aliphatic heterocycles. The highest BCUT2D eigenvalue weighted by molar-refractivity contribution is 7.80. The van der Waals surface area contributed by atoms with Gasteiger partial charge in [0.2, 0.25) is 0 Å². The maximum absolute atomic E-state index is 13.6. The highest BCUT2D eigenvalue weighted by Gasteiger charge is 2.17. The zero-order valence-electron chi connectivity index (χ0n) is 9.71. The molecule has 0 heterocycles. The highest BCUT2D eigenvalue weighted by Crippen LogP contribution is 2.29. The molecule has 0 atom stereocenters. The van der Waals surface area contributed by atoms with Crippen molar-refractivity contribution < 1.29 is 4.39 Å². The average molecular weight is 252 g/mol. The Morgan fingerprint density at radius 1 is 1.47 bits per heavy atom. The number of nitrogens with two attached hydrogens (primary N) is 1. The third-order valence-corrected chi connectivity index (χ3v) is 3.56. The maximum atomic E-state index is 13.6. The molecule has 0 aromatic heterocycles. The molecule has 0 amide bonds. The van der Waals surface area contributed by atoms with Gasteiger partial charge in [-0.15, -0.1) is 0 Å². The summed E-state index contributed by atoms with van der Waals surface area (Å²) in [6.45, 7) is 0.851. The average Bonchev–Trinajstić information content (AvgIpc) is 2.21. The van der Waals surface area contributed by atoms with Crippen LogP contribution in [0.2, 0.25) is 0 Å². The summed E-state index contributed by atoms with van der Waals surface area (Å²) in [5.74, 6) is 0.482. The molecule has 1 aliphatic rings. The molecule has 1 saturated carbocycles. The van der Waals surface area contributed by atoms with Gasteiger partial charge in [-0.1, -0.05) is 37.5 Å². The molecule has 0 saturated heterocycles. The predicted molar refractivity (Wildman–Crippen MR) is 72.7 cm³/mol. The molecule has 0 radical (unpaired) electrons. The Morgan fingerprint density at radius 3 is 2.82 bits per heavy atom. The van der Waals surface area contributed by atoms with Crippen molar-refractivity contribution in [1.82, 2.24) is 0 Å². The number of halogens is 1. The van der Waals surface area contributed by atoms with Gasteiger partial charge < -0.3 is 11.1 Å². The summed E-state index contributed by atoms with van der Waals surface area (Å²) in [6, 6.07) is 4.87. The van der Waals surface area contributed by atoms with E-state index in [1.165, 1.54) is 25.3 Å². The topological polar surface area (TPSA) is 38.0 Å². The first-order valence-corrected chi connectivity index (χ1v) is 6.41. The maximum Gasteiger partial charge on any atom is 0.135 e. The lowest BCUT2D eigenvalue weighted by atomic mass is 9.83. The molecule has 92 valence electrons. The van der Waals surface area contributed by atoms with Crippen molar-refractivity contribution in [3.63, 3.8) is 0 Å². The zero-order valence-corrected chi connectivity index (χ0v) is 10.5. The molecule has 1 aliphatic carbocycles. The SMILES string of the molecule is NC(=S)c1c(F)cccc1NCCC1CCC1. The summed E-state index contributed by atoms with van der Waals surface area (Å²) < 4.78 is 13.6. The van der Waals surface area contributed by atoms with Crippen molar-refractivity contribution in [1.29, 1.82) is 0 Å². The molecule has 2 nitrogen and oxygen atoms in total. The fourth-order valence-electron chi connectivity index (χ4n) is 2.11. The van der Waals surface area contributed by atoms with Gasteiger partial charge in [-0.2, -0.15) is 0 Å². The molecule has 1 fully saturated rings. The van der Waals surface area contributed by atoms with Crippen molar-refractivity contribution in [2.75, 3.05) is 11.9 Å². The lowest BCUT2D eigenvalue weighted by Gasteiger charge is -2.25. The first kappa shape index (κ1) is 12.3. The first-order valence-electron chi connectivity index (χ1n) is 6.00. The van der Waals surface area contributed by atoms with E-state index in [0.717, 1.165) is 18.9 Å². The molecule has 2 rings (SSSR count). The lowest BCUT2D eigenvalue weighted by Crippen LogP contribution is -2.18. The van der Waals surface area contributed by atoms with Gasteiger partial charge in [0.25, 0.3) is 0 Å². The van der Waals surface area contributed by atoms with E-state index < -0.39 is 0 Å². The molecular weight excluding hydrogens is 235 g/mol. The fraction of sp³-hybridized carbons (Fsp3) is 0.462. The van der Waals surface area contributed by atoms with Crippen LogP contribution in [0.3, 0.4) is 0 Å². The van der Waals surface area contributed by atoms with Crippen molar-refractivity contribution in [2.45, 2.75) is 25.7 Å². The molecule has 0 spiro atoms. The minimum atomic E-state index is -0.355. The minimum absolute atomic E-state index is 0.106. The zero-order chi connectivity index (χ0) is 12.3. The summed E-state index contributed by atoms with van der Waals surface area (Å²) in [7, 11) is 0. The highest BCUT2D eigenvalue weighted by atomic mass is 32.1. The summed E-state index contributed by atoms with van der Waals surface area (Å²) in [5, 5.41) is 3.23. The number of benzene rings is 1. The Morgan fingerprint density at radius 2 is 2.24 bits per heavy atom. The van der Waals surface area contributed by atoms with Crippen LogP contribution in [0.15, 0.2) is 18.2 Å². The van der Waals surface area contributed by atoms with E-state index in [9.17, 15) is 4.39 Å². The largest absolute Gasteiger partial charge is 0.389 e. The molecular formula is C13H17FN2S.